The van der Waals surface area contributed by atoms with Crippen molar-refractivity contribution in [3.63, 3.8) is 0 Å². The van der Waals surface area contributed by atoms with E-state index in [-0.39, 0.29) is 4.90 Å². The molecule has 0 aliphatic rings. The summed E-state index contributed by atoms with van der Waals surface area (Å²) in [6, 6.07) is 14.9. The average Bonchev–Trinajstić information content (AvgIpc) is 2.48. The number of aryl methyl sites for hydroxylation is 1. The van der Waals surface area contributed by atoms with Crippen molar-refractivity contribution >= 4 is 16.0 Å². The minimum atomic E-state index is -3.52. The van der Waals surface area contributed by atoms with Crippen LogP contribution in [-0.2, 0) is 21.2 Å². The van der Waals surface area contributed by atoms with Gasteiger partial charge in [-0.1, -0.05) is 48.0 Å². The van der Waals surface area contributed by atoms with Crippen LogP contribution in [0.2, 0.25) is 0 Å². The van der Waals surface area contributed by atoms with E-state index in [1.54, 1.807) is 12.1 Å². The molecule has 5 N–H and O–H groups in total. The molecule has 0 aromatic heterocycles. The number of carboxylic acids is 1. The number of benzene rings is 2. The van der Waals surface area contributed by atoms with Crippen LogP contribution in [0.15, 0.2) is 59.5 Å². The van der Waals surface area contributed by atoms with Crippen molar-refractivity contribution in [3.8, 4) is 0 Å². The molecule has 124 valence electrons. The van der Waals surface area contributed by atoms with E-state index >= 15 is 0 Å². The maximum Gasteiger partial charge on any atom is 0.320 e. The second kappa shape index (κ2) is 8.42. The molecule has 0 saturated carbocycles. The van der Waals surface area contributed by atoms with E-state index in [9.17, 15) is 13.2 Å². The maximum absolute atomic E-state index is 10.7. The average molecular weight is 336 g/mol. The first kappa shape index (κ1) is 18.8. The molecule has 2 aromatic carbocycles. The Balaban J connectivity index is 0.000000231. The van der Waals surface area contributed by atoms with E-state index in [0.717, 1.165) is 11.1 Å². The van der Waals surface area contributed by atoms with Crippen LogP contribution in [0.4, 0.5) is 0 Å². The van der Waals surface area contributed by atoms with Crippen LogP contribution in [0.1, 0.15) is 11.1 Å². The molecule has 0 heterocycles. The van der Waals surface area contributed by atoms with E-state index in [1.165, 1.54) is 12.1 Å². The predicted octanol–water partition coefficient (Wildman–Crippen LogP) is 1.28. The van der Waals surface area contributed by atoms with Crippen LogP contribution in [0.25, 0.3) is 0 Å². The third-order valence-corrected chi connectivity index (χ3v) is 3.89. The summed E-state index contributed by atoms with van der Waals surface area (Å²) in [6.07, 6.45) is 0.385. The summed E-state index contributed by atoms with van der Waals surface area (Å²) >= 11 is 0. The van der Waals surface area contributed by atoms with Gasteiger partial charge < -0.3 is 10.8 Å². The molecule has 0 aliphatic carbocycles. The molecule has 7 heteroatoms. The van der Waals surface area contributed by atoms with E-state index in [1.807, 2.05) is 37.3 Å². The van der Waals surface area contributed by atoms with E-state index in [2.05, 4.69) is 0 Å². The molecule has 0 bridgehead atoms. The number of aliphatic carboxylic acids is 1. The van der Waals surface area contributed by atoms with Crippen molar-refractivity contribution < 1.29 is 18.3 Å². The van der Waals surface area contributed by atoms with Crippen LogP contribution < -0.4 is 10.9 Å². The Labute approximate surface area is 135 Å². The van der Waals surface area contributed by atoms with Gasteiger partial charge in [-0.15, -0.1) is 0 Å². The van der Waals surface area contributed by atoms with Gasteiger partial charge in [-0.2, -0.15) is 0 Å². The number of hydrogen-bond acceptors (Lipinski definition) is 4. The Bertz CT molecular complexity index is 728. The summed E-state index contributed by atoms with van der Waals surface area (Å²) in [5.41, 5.74) is 7.31. The van der Waals surface area contributed by atoms with Crippen molar-refractivity contribution in [2.75, 3.05) is 0 Å². The highest BCUT2D eigenvalue weighted by atomic mass is 32.2. The normalized spacial score (nSPS) is 12.0. The summed E-state index contributed by atoms with van der Waals surface area (Å²) < 4.78 is 21.4. The zero-order chi connectivity index (χ0) is 17.5. The van der Waals surface area contributed by atoms with E-state index in [4.69, 9.17) is 16.0 Å². The molecule has 23 heavy (non-hydrogen) atoms. The molecule has 0 radical (unpaired) electrons. The third-order valence-electron chi connectivity index (χ3n) is 2.97. The van der Waals surface area contributed by atoms with Gasteiger partial charge in [-0.3, -0.25) is 4.79 Å². The van der Waals surface area contributed by atoms with Gasteiger partial charge in [0.2, 0.25) is 10.0 Å². The summed E-state index contributed by atoms with van der Waals surface area (Å²) in [7, 11) is -3.52. The summed E-state index contributed by atoms with van der Waals surface area (Å²) in [6.45, 7) is 1.88. The molecule has 1 atom stereocenters. The van der Waals surface area contributed by atoms with Gasteiger partial charge in [0.05, 0.1) is 4.90 Å². The lowest BCUT2D eigenvalue weighted by Gasteiger charge is -2.04. The zero-order valence-electron chi connectivity index (χ0n) is 12.7. The van der Waals surface area contributed by atoms with Crippen LogP contribution in [0.5, 0.6) is 0 Å². The van der Waals surface area contributed by atoms with Crippen molar-refractivity contribution in [2.45, 2.75) is 24.3 Å². The first-order valence-electron chi connectivity index (χ1n) is 6.82. The molecular formula is C16H20N2O4S. The number of rotatable bonds is 4. The smallest absolute Gasteiger partial charge is 0.320 e. The Morgan fingerprint density at radius 1 is 1.09 bits per heavy atom. The fraction of sp³-hybridized carbons (Fsp3) is 0.188. The summed E-state index contributed by atoms with van der Waals surface area (Å²) in [5, 5.41) is 13.4. The molecule has 1 unspecified atom stereocenters. The lowest BCUT2D eigenvalue weighted by molar-refractivity contribution is -0.138. The molecule has 0 spiro atoms. The lowest BCUT2D eigenvalue weighted by Crippen LogP contribution is -2.32. The zero-order valence-corrected chi connectivity index (χ0v) is 13.5. The van der Waals surface area contributed by atoms with Crippen molar-refractivity contribution in [1.29, 1.82) is 0 Å². The van der Waals surface area contributed by atoms with Crippen LogP contribution in [0, 0.1) is 6.92 Å². The number of carbonyl (C=O) groups is 1. The Morgan fingerprint density at radius 2 is 1.61 bits per heavy atom. The minimum absolute atomic E-state index is 0.156. The molecule has 2 aromatic rings. The standard InChI is InChI=1S/C9H11NO2.C7H9NO2S/c10-8(9(11)12)6-7-4-2-1-3-5-7;1-6-2-4-7(5-3-6)11(8,9)10/h1-5,8H,6,10H2,(H,11,12);2-5H,1H3,(H2,8,9,10). The first-order chi connectivity index (χ1) is 10.7. The fourth-order valence-electron chi connectivity index (χ4n) is 1.68. The van der Waals surface area contributed by atoms with Gasteiger partial charge in [-0.05, 0) is 31.0 Å². The molecule has 0 amide bonds. The van der Waals surface area contributed by atoms with Gasteiger partial charge in [0.15, 0.2) is 0 Å². The highest BCUT2D eigenvalue weighted by Crippen LogP contribution is 2.06. The second-order valence-corrected chi connectivity index (χ2v) is 6.55. The van der Waals surface area contributed by atoms with Gasteiger partial charge in [-0.25, -0.2) is 13.6 Å². The highest BCUT2D eigenvalue weighted by molar-refractivity contribution is 7.89. The Kier molecular flexibility index (Phi) is 6.89. The monoisotopic (exact) mass is 336 g/mol. The Hall–Kier alpha value is -2.22. The Morgan fingerprint density at radius 3 is 2.04 bits per heavy atom. The lowest BCUT2D eigenvalue weighted by atomic mass is 10.1. The fourth-order valence-corrected chi connectivity index (χ4v) is 2.20. The predicted molar refractivity (Wildman–Crippen MR) is 88.3 cm³/mol. The quantitative estimate of drug-likeness (QED) is 0.776. The number of carboxylic acid groups (broad SMARTS) is 1. The summed E-state index contributed by atoms with van der Waals surface area (Å²) in [5.74, 6) is -0.959. The maximum atomic E-state index is 10.7. The van der Waals surface area contributed by atoms with E-state index in [0.29, 0.717) is 6.42 Å². The van der Waals surface area contributed by atoms with Gasteiger partial charge in [0, 0.05) is 0 Å². The SMILES string of the molecule is Cc1ccc(S(N)(=O)=O)cc1.NC(Cc1ccccc1)C(=O)O. The molecule has 6 nitrogen and oxygen atoms in total. The van der Waals surface area contributed by atoms with Gasteiger partial charge >= 0.3 is 5.97 Å². The van der Waals surface area contributed by atoms with Crippen molar-refractivity contribution in [3.05, 3.63) is 65.7 Å². The second-order valence-electron chi connectivity index (χ2n) is 4.99. The van der Waals surface area contributed by atoms with Crippen LogP contribution >= 0.6 is 0 Å². The minimum Gasteiger partial charge on any atom is -0.480 e. The summed E-state index contributed by atoms with van der Waals surface area (Å²) in [4.78, 5) is 10.5. The number of hydrogen-bond donors (Lipinski definition) is 3. The van der Waals surface area contributed by atoms with Crippen LogP contribution in [-0.4, -0.2) is 25.5 Å². The van der Waals surface area contributed by atoms with Crippen LogP contribution in [0.3, 0.4) is 0 Å². The topological polar surface area (TPSA) is 123 Å². The number of nitrogens with two attached hydrogens (primary N) is 2. The largest absolute Gasteiger partial charge is 0.480 e. The molecule has 0 aliphatic heterocycles. The molecule has 2 rings (SSSR count). The van der Waals surface area contributed by atoms with E-state index < -0.39 is 22.0 Å². The molecule has 0 saturated heterocycles. The van der Waals surface area contributed by atoms with Crippen molar-refractivity contribution in [1.82, 2.24) is 0 Å². The molecule has 0 fully saturated rings. The number of primary sulfonamides is 1. The molecular weight excluding hydrogens is 316 g/mol. The highest BCUT2D eigenvalue weighted by Gasteiger charge is 2.10. The van der Waals surface area contributed by atoms with Crippen molar-refractivity contribution in [2.24, 2.45) is 10.9 Å². The van der Waals surface area contributed by atoms with Gasteiger partial charge in [0.25, 0.3) is 0 Å². The van der Waals surface area contributed by atoms with Gasteiger partial charge in [0.1, 0.15) is 6.04 Å². The first-order valence-corrected chi connectivity index (χ1v) is 8.36. The number of sulfonamides is 1. The third kappa shape index (κ3) is 7.05.